The molecule has 0 saturated carbocycles. The molecular weight excluding hydrogens is 809 g/mol. The molecule has 7 aromatic rings. The van der Waals surface area contributed by atoms with E-state index in [9.17, 15) is 23.3 Å². The highest BCUT2D eigenvalue weighted by molar-refractivity contribution is 7.92. The van der Waals surface area contributed by atoms with Crippen LogP contribution < -0.4 is 10.0 Å². The van der Waals surface area contributed by atoms with E-state index in [0.29, 0.717) is 45.8 Å². The van der Waals surface area contributed by atoms with Crippen LogP contribution in [-0.4, -0.2) is 52.9 Å². The van der Waals surface area contributed by atoms with Gasteiger partial charge in [0.15, 0.2) is 5.82 Å². The third-order valence-electron chi connectivity index (χ3n) is 11.2. The van der Waals surface area contributed by atoms with E-state index in [4.69, 9.17) is 9.73 Å². The number of nitrogens with one attached hydrogen (secondary N) is 3. The van der Waals surface area contributed by atoms with E-state index in [-0.39, 0.29) is 23.2 Å². The third-order valence-corrected chi connectivity index (χ3v) is 13.7. The second kappa shape index (κ2) is 16.3. The van der Waals surface area contributed by atoms with E-state index in [2.05, 4.69) is 45.1 Å². The number of hydrogen-bond donors (Lipinski definition) is 3. The molecule has 1 amide bonds. The Kier molecular flexibility index (Phi) is 10.9. The van der Waals surface area contributed by atoms with Crippen molar-refractivity contribution in [1.82, 2.24) is 25.1 Å². The number of aryl methyl sites for hydroxylation is 3. The number of benzene rings is 4. The summed E-state index contributed by atoms with van der Waals surface area (Å²) in [7, 11) is -2.60. The molecule has 15 heteroatoms. The van der Waals surface area contributed by atoms with Crippen LogP contribution in [0.1, 0.15) is 92.6 Å². The topological polar surface area (TPSA) is 184 Å². The highest BCUT2D eigenvalue weighted by Gasteiger charge is 2.32. The number of aliphatic imine (C=N–C) groups is 1. The summed E-state index contributed by atoms with van der Waals surface area (Å²) < 4.78 is 36.5. The number of aromatic amines is 1. The van der Waals surface area contributed by atoms with Crippen LogP contribution in [0.25, 0.3) is 27.0 Å². The summed E-state index contributed by atoms with van der Waals surface area (Å²) in [6.45, 7) is 9.88. The van der Waals surface area contributed by atoms with Crippen LogP contribution in [0.4, 0.5) is 5.69 Å². The van der Waals surface area contributed by atoms with Gasteiger partial charge in [0.2, 0.25) is 0 Å². The summed E-state index contributed by atoms with van der Waals surface area (Å²) in [6.07, 6.45) is 2.30. The molecule has 1 aliphatic heterocycles. The average molecular weight is 851 g/mol. The van der Waals surface area contributed by atoms with Gasteiger partial charge in [0.25, 0.3) is 15.9 Å². The Bertz CT molecular complexity index is 3030. The lowest BCUT2D eigenvalue weighted by molar-refractivity contribution is -0.141. The minimum atomic E-state index is -3.96. The van der Waals surface area contributed by atoms with Gasteiger partial charge in [0.05, 0.1) is 46.9 Å². The number of fused-ring (bicyclic) bond motifs is 4. The Balaban J connectivity index is 0.959. The first kappa shape index (κ1) is 40.9. The Hall–Kier alpha value is -6.89. The standard InChI is InChI=1S/C46H42N8O5S2/c1-7-29-18-21-37(43-41(29)35(23-47)24-48-43)53-61(57,58)36-19-16-30(17-20-36)26(3)49-45(56)34-14-10-32(11-15-34)31-8-12-33(13-9-31)42-40-25(2)27(4)60-46(40)54-28(5)51-52-44(54)38(50-42)22-39(55)59-6/h8-21,24,26,38,48,53H,7,22H2,1-6H3,(H,49,56)/t26-,38+/m1/s1. The third kappa shape index (κ3) is 7.60. The Morgan fingerprint density at radius 3 is 2.28 bits per heavy atom. The van der Waals surface area contributed by atoms with Crippen LogP contribution in [-0.2, 0) is 26.0 Å². The van der Waals surface area contributed by atoms with E-state index >= 15 is 0 Å². The van der Waals surface area contributed by atoms with Gasteiger partial charge >= 0.3 is 5.97 Å². The van der Waals surface area contributed by atoms with E-state index in [1.54, 1.807) is 47.9 Å². The smallest absolute Gasteiger partial charge is 0.308 e. The molecule has 61 heavy (non-hydrogen) atoms. The maximum atomic E-state index is 13.4. The second-order valence-corrected chi connectivity index (χ2v) is 17.8. The normalized spacial score (nSPS) is 14.0. The first-order chi connectivity index (χ1) is 29.3. The summed E-state index contributed by atoms with van der Waals surface area (Å²) in [5.41, 5.74) is 9.11. The molecule has 1 aliphatic rings. The van der Waals surface area contributed by atoms with Crippen molar-refractivity contribution in [3.05, 3.63) is 147 Å². The SMILES string of the molecule is CCc1ccc(NS(=O)(=O)c2ccc([C@@H](C)NC(=O)c3ccc(-c4ccc(C5=N[C@@H](CC(=O)OC)c6nnc(C)n6-c6sc(C)c(C)c65)cc4)cc3)cc2)c2[nH]cc(C#N)c12. The number of aromatic nitrogens is 4. The van der Waals surface area contributed by atoms with Crippen molar-refractivity contribution < 1.29 is 22.7 Å². The molecular formula is C46H42N8O5S2. The van der Waals surface area contributed by atoms with Crippen molar-refractivity contribution in [2.45, 2.75) is 64.4 Å². The predicted molar refractivity (Wildman–Crippen MR) is 236 cm³/mol. The fourth-order valence-electron chi connectivity index (χ4n) is 7.69. The molecule has 0 bridgehead atoms. The fraction of sp³-hybridized carbons (Fsp3) is 0.217. The lowest BCUT2D eigenvalue weighted by Gasteiger charge is -2.16. The van der Waals surface area contributed by atoms with Crippen LogP contribution in [0.2, 0.25) is 0 Å². The van der Waals surface area contributed by atoms with Crippen LogP contribution >= 0.6 is 11.3 Å². The maximum absolute atomic E-state index is 13.4. The van der Waals surface area contributed by atoms with Crippen molar-refractivity contribution in [2.24, 2.45) is 4.99 Å². The molecule has 0 fully saturated rings. The summed E-state index contributed by atoms with van der Waals surface area (Å²) >= 11 is 1.65. The van der Waals surface area contributed by atoms with Crippen molar-refractivity contribution in [2.75, 3.05) is 11.8 Å². The molecule has 8 rings (SSSR count). The molecule has 308 valence electrons. The van der Waals surface area contributed by atoms with E-state index in [1.165, 1.54) is 19.2 Å². The number of sulfonamides is 1. The van der Waals surface area contributed by atoms with E-state index in [0.717, 1.165) is 54.5 Å². The number of ether oxygens (including phenoxy) is 1. The zero-order valence-electron chi connectivity index (χ0n) is 34.3. The number of esters is 1. The van der Waals surface area contributed by atoms with Crippen LogP contribution in [0, 0.1) is 32.1 Å². The number of H-pyrrole nitrogens is 1. The average Bonchev–Trinajstić information content (AvgIpc) is 3.94. The van der Waals surface area contributed by atoms with Gasteiger partial charge in [-0.1, -0.05) is 61.5 Å². The fourth-order valence-corrected chi connectivity index (χ4v) is 9.98. The molecule has 4 aromatic carbocycles. The summed E-state index contributed by atoms with van der Waals surface area (Å²) in [5.74, 6) is 0.650. The van der Waals surface area contributed by atoms with Gasteiger partial charge in [-0.3, -0.25) is 23.9 Å². The highest BCUT2D eigenvalue weighted by Crippen LogP contribution is 2.40. The Morgan fingerprint density at radius 2 is 1.62 bits per heavy atom. The zero-order chi connectivity index (χ0) is 43.2. The Labute approximate surface area is 357 Å². The zero-order valence-corrected chi connectivity index (χ0v) is 36.0. The number of methoxy groups -OCH3 is 1. The Morgan fingerprint density at radius 1 is 0.951 bits per heavy atom. The number of nitrogens with zero attached hydrogens (tertiary/aromatic N) is 5. The number of carbonyl (C=O) groups is 2. The van der Waals surface area contributed by atoms with Crippen LogP contribution in [0.5, 0.6) is 0 Å². The molecule has 4 heterocycles. The minimum absolute atomic E-state index is 0.0237. The lowest BCUT2D eigenvalue weighted by atomic mass is 9.96. The van der Waals surface area contributed by atoms with Gasteiger partial charge in [0, 0.05) is 33.2 Å². The predicted octanol–water partition coefficient (Wildman–Crippen LogP) is 8.58. The number of rotatable bonds is 11. The van der Waals surface area contributed by atoms with E-state index in [1.807, 2.05) is 67.8 Å². The lowest BCUT2D eigenvalue weighted by Crippen LogP contribution is -2.26. The van der Waals surface area contributed by atoms with Gasteiger partial charge in [-0.05, 0) is 92.3 Å². The number of anilines is 1. The first-order valence-corrected chi connectivity index (χ1v) is 22.0. The summed E-state index contributed by atoms with van der Waals surface area (Å²) in [5, 5.41) is 23.0. The molecule has 0 aliphatic carbocycles. The number of hydrogen-bond acceptors (Lipinski definition) is 10. The van der Waals surface area contributed by atoms with Crippen molar-refractivity contribution in [3.8, 4) is 22.2 Å². The van der Waals surface area contributed by atoms with Crippen LogP contribution in [0.15, 0.2) is 101 Å². The number of thiophene rings is 1. The van der Waals surface area contributed by atoms with Crippen LogP contribution in [0.3, 0.4) is 0 Å². The first-order valence-electron chi connectivity index (χ1n) is 19.7. The van der Waals surface area contributed by atoms with E-state index < -0.39 is 22.1 Å². The van der Waals surface area contributed by atoms with Crippen molar-refractivity contribution >= 4 is 55.5 Å². The monoisotopic (exact) mass is 850 g/mol. The molecule has 3 N–H and O–H groups in total. The largest absolute Gasteiger partial charge is 0.469 e. The molecule has 13 nitrogen and oxygen atoms in total. The highest BCUT2D eigenvalue weighted by atomic mass is 32.2. The van der Waals surface area contributed by atoms with Crippen molar-refractivity contribution in [3.63, 3.8) is 0 Å². The molecule has 0 spiro atoms. The van der Waals surface area contributed by atoms with Gasteiger partial charge < -0.3 is 15.0 Å². The summed E-state index contributed by atoms with van der Waals surface area (Å²) in [6, 6.07) is 26.5. The number of carbonyl (C=O) groups excluding carboxylic acids is 2. The molecule has 2 atom stereocenters. The molecule has 0 unspecified atom stereocenters. The van der Waals surface area contributed by atoms with Gasteiger partial charge in [-0.2, -0.15) is 5.26 Å². The minimum Gasteiger partial charge on any atom is -0.469 e. The second-order valence-electron chi connectivity index (χ2n) is 14.9. The number of amides is 1. The van der Waals surface area contributed by atoms with Crippen molar-refractivity contribution in [1.29, 1.82) is 5.26 Å². The summed E-state index contributed by atoms with van der Waals surface area (Å²) in [4.78, 5) is 35.3. The van der Waals surface area contributed by atoms with Gasteiger partial charge in [-0.15, -0.1) is 21.5 Å². The van der Waals surface area contributed by atoms with Gasteiger partial charge in [-0.25, -0.2) is 8.42 Å². The molecule has 0 radical (unpaired) electrons. The quantitative estimate of drug-likeness (QED) is 0.108. The molecule has 0 saturated heterocycles. The number of nitriles is 1. The molecule has 3 aromatic heterocycles. The van der Waals surface area contributed by atoms with Gasteiger partial charge in [0.1, 0.15) is 22.9 Å². The maximum Gasteiger partial charge on any atom is 0.308 e.